The number of fused-ring (bicyclic) bond motifs is 3. The molecule has 5 nitrogen and oxygen atoms in total. The number of hydrogen-bond acceptors (Lipinski definition) is 4. The summed E-state index contributed by atoms with van der Waals surface area (Å²) in [7, 11) is 0. The van der Waals surface area contributed by atoms with Crippen LogP contribution in [0.15, 0.2) is 54.7 Å². The maximum Gasteiger partial charge on any atom is 0.277 e. The van der Waals surface area contributed by atoms with Gasteiger partial charge in [-0.25, -0.2) is 9.97 Å². The third kappa shape index (κ3) is 2.56. The summed E-state index contributed by atoms with van der Waals surface area (Å²) in [6, 6.07) is 16.2. The molecule has 1 unspecified atom stereocenters. The zero-order valence-electron chi connectivity index (χ0n) is 14.5. The van der Waals surface area contributed by atoms with E-state index in [4.69, 9.17) is 0 Å². The van der Waals surface area contributed by atoms with Gasteiger partial charge in [0.15, 0.2) is 5.65 Å². The SMILES string of the molecule is O=C(c1ccc2cccnc2n1)N1CC2CCCN2Cc2ccccc21. The number of benzene rings is 1. The Bertz CT molecular complexity index is 986. The molecule has 0 bridgehead atoms. The molecule has 0 N–H and O–H groups in total. The van der Waals surface area contributed by atoms with E-state index in [2.05, 4.69) is 33.1 Å². The molecular formula is C21H20N4O. The van der Waals surface area contributed by atoms with Gasteiger partial charge in [-0.15, -0.1) is 0 Å². The van der Waals surface area contributed by atoms with Crippen molar-refractivity contribution in [2.45, 2.75) is 25.4 Å². The van der Waals surface area contributed by atoms with Crippen LogP contribution in [0.3, 0.4) is 0 Å². The fourth-order valence-corrected chi connectivity index (χ4v) is 4.15. The summed E-state index contributed by atoms with van der Waals surface area (Å²) in [6.45, 7) is 2.74. The Morgan fingerprint density at radius 1 is 1.08 bits per heavy atom. The molecule has 4 heterocycles. The molecule has 0 spiro atoms. The summed E-state index contributed by atoms with van der Waals surface area (Å²) in [4.78, 5) is 26.6. The lowest BCUT2D eigenvalue weighted by Gasteiger charge is -2.26. The predicted molar refractivity (Wildman–Crippen MR) is 101 cm³/mol. The zero-order valence-corrected chi connectivity index (χ0v) is 14.5. The highest BCUT2D eigenvalue weighted by Crippen LogP contribution is 2.32. The fraction of sp³-hybridized carbons (Fsp3) is 0.286. The zero-order chi connectivity index (χ0) is 17.5. The van der Waals surface area contributed by atoms with Gasteiger partial charge in [0.2, 0.25) is 0 Å². The van der Waals surface area contributed by atoms with E-state index in [1.807, 2.05) is 35.2 Å². The molecule has 2 aliphatic heterocycles. The van der Waals surface area contributed by atoms with Crippen molar-refractivity contribution < 1.29 is 4.79 Å². The molecule has 2 aliphatic rings. The molecule has 1 aromatic carbocycles. The summed E-state index contributed by atoms with van der Waals surface area (Å²) in [6.07, 6.45) is 4.05. The van der Waals surface area contributed by atoms with Crippen LogP contribution in [0.4, 0.5) is 5.69 Å². The molecule has 26 heavy (non-hydrogen) atoms. The summed E-state index contributed by atoms with van der Waals surface area (Å²) in [5, 5.41) is 0.947. The lowest BCUT2D eigenvalue weighted by Crippen LogP contribution is -2.40. The van der Waals surface area contributed by atoms with E-state index in [-0.39, 0.29) is 5.91 Å². The van der Waals surface area contributed by atoms with Gasteiger partial charge in [0.1, 0.15) is 5.69 Å². The van der Waals surface area contributed by atoms with Crippen LogP contribution in [0, 0.1) is 0 Å². The maximum absolute atomic E-state index is 13.4. The van der Waals surface area contributed by atoms with Crippen LogP contribution >= 0.6 is 0 Å². The van der Waals surface area contributed by atoms with E-state index in [0.29, 0.717) is 17.4 Å². The number of para-hydroxylation sites is 1. The third-order valence-electron chi connectivity index (χ3n) is 5.48. The van der Waals surface area contributed by atoms with E-state index < -0.39 is 0 Å². The first kappa shape index (κ1) is 15.5. The molecule has 5 rings (SSSR count). The highest BCUT2D eigenvalue weighted by Gasteiger charge is 2.34. The van der Waals surface area contributed by atoms with Gasteiger partial charge in [-0.2, -0.15) is 0 Å². The normalized spacial score (nSPS) is 19.8. The van der Waals surface area contributed by atoms with Gasteiger partial charge in [-0.1, -0.05) is 18.2 Å². The Morgan fingerprint density at radius 3 is 2.96 bits per heavy atom. The molecule has 1 amide bonds. The number of nitrogens with zero attached hydrogens (tertiary/aromatic N) is 4. The number of amides is 1. The molecule has 0 aliphatic carbocycles. The molecule has 2 aromatic heterocycles. The Hall–Kier alpha value is -2.79. The molecule has 0 saturated carbocycles. The first-order chi connectivity index (χ1) is 12.8. The van der Waals surface area contributed by atoms with E-state index in [0.717, 1.165) is 37.1 Å². The number of anilines is 1. The van der Waals surface area contributed by atoms with E-state index in [9.17, 15) is 4.79 Å². The minimum Gasteiger partial charge on any atom is -0.305 e. The largest absolute Gasteiger partial charge is 0.305 e. The van der Waals surface area contributed by atoms with E-state index in [1.165, 1.54) is 12.0 Å². The van der Waals surface area contributed by atoms with E-state index in [1.54, 1.807) is 6.20 Å². The number of carbonyl (C=O) groups is 1. The maximum atomic E-state index is 13.4. The number of hydrogen-bond donors (Lipinski definition) is 0. The van der Waals surface area contributed by atoms with Gasteiger partial charge < -0.3 is 4.90 Å². The van der Waals surface area contributed by atoms with Crippen molar-refractivity contribution in [3.8, 4) is 0 Å². The van der Waals surface area contributed by atoms with Gasteiger partial charge in [-0.05, 0) is 55.3 Å². The van der Waals surface area contributed by atoms with Crippen LogP contribution in [-0.2, 0) is 6.54 Å². The number of carbonyl (C=O) groups excluding carboxylic acids is 1. The van der Waals surface area contributed by atoms with Crippen molar-refractivity contribution in [3.63, 3.8) is 0 Å². The van der Waals surface area contributed by atoms with Gasteiger partial charge in [-0.3, -0.25) is 9.69 Å². The summed E-state index contributed by atoms with van der Waals surface area (Å²) >= 11 is 0. The number of rotatable bonds is 1. The van der Waals surface area contributed by atoms with Gasteiger partial charge >= 0.3 is 0 Å². The molecule has 1 atom stereocenters. The van der Waals surface area contributed by atoms with Crippen molar-refractivity contribution in [3.05, 3.63) is 66.0 Å². The summed E-state index contributed by atoms with van der Waals surface area (Å²) < 4.78 is 0. The van der Waals surface area contributed by atoms with Crippen molar-refractivity contribution in [2.75, 3.05) is 18.0 Å². The van der Waals surface area contributed by atoms with Crippen LogP contribution in [0.2, 0.25) is 0 Å². The molecule has 130 valence electrons. The Balaban J connectivity index is 1.57. The Morgan fingerprint density at radius 2 is 2.00 bits per heavy atom. The Labute approximate surface area is 152 Å². The number of pyridine rings is 2. The molecular weight excluding hydrogens is 324 g/mol. The average Bonchev–Trinajstić information content (AvgIpc) is 3.06. The van der Waals surface area contributed by atoms with Crippen molar-refractivity contribution in [1.29, 1.82) is 0 Å². The molecule has 1 fully saturated rings. The molecule has 5 heteroatoms. The number of aromatic nitrogens is 2. The first-order valence-electron chi connectivity index (χ1n) is 9.15. The fourth-order valence-electron chi connectivity index (χ4n) is 4.15. The smallest absolute Gasteiger partial charge is 0.277 e. The quantitative estimate of drug-likeness (QED) is 0.680. The van der Waals surface area contributed by atoms with Crippen molar-refractivity contribution in [1.82, 2.24) is 14.9 Å². The second kappa shape index (κ2) is 6.18. The monoisotopic (exact) mass is 344 g/mol. The van der Waals surface area contributed by atoms with Crippen LogP contribution in [0.5, 0.6) is 0 Å². The third-order valence-corrected chi connectivity index (χ3v) is 5.48. The Kier molecular flexibility index (Phi) is 3.68. The topological polar surface area (TPSA) is 49.3 Å². The lowest BCUT2D eigenvalue weighted by atomic mass is 10.1. The highest BCUT2D eigenvalue weighted by atomic mass is 16.2. The highest BCUT2D eigenvalue weighted by molar-refractivity contribution is 6.06. The van der Waals surface area contributed by atoms with Gasteiger partial charge in [0, 0.05) is 36.4 Å². The second-order valence-electron chi connectivity index (χ2n) is 7.06. The molecule has 1 saturated heterocycles. The predicted octanol–water partition coefficient (Wildman–Crippen LogP) is 3.25. The summed E-state index contributed by atoms with van der Waals surface area (Å²) in [5.41, 5.74) is 3.29. The van der Waals surface area contributed by atoms with Crippen LogP contribution in [0.1, 0.15) is 28.9 Å². The van der Waals surface area contributed by atoms with E-state index >= 15 is 0 Å². The standard InChI is InChI=1S/C21H20N4O/c26-21(18-10-9-15-6-3-11-22-20(15)23-18)25-14-17-7-4-12-24(17)13-16-5-1-2-8-19(16)25/h1-3,5-6,8-11,17H,4,7,12-14H2. The molecule has 3 aromatic rings. The van der Waals surface area contributed by atoms with Crippen molar-refractivity contribution in [2.24, 2.45) is 0 Å². The first-order valence-corrected chi connectivity index (χ1v) is 9.15. The van der Waals surface area contributed by atoms with Crippen LogP contribution < -0.4 is 4.90 Å². The minimum absolute atomic E-state index is 0.0428. The van der Waals surface area contributed by atoms with Gasteiger partial charge in [0.25, 0.3) is 5.91 Å². The lowest BCUT2D eigenvalue weighted by molar-refractivity contribution is 0.0976. The van der Waals surface area contributed by atoms with Crippen LogP contribution in [0.25, 0.3) is 11.0 Å². The van der Waals surface area contributed by atoms with Crippen molar-refractivity contribution >= 4 is 22.6 Å². The minimum atomic E-state index is -0.0428. The molecule has 0 radical (unpaired) electrons. The van der Waals surface area contributed by atoms with Gasteiger partial charge in [0.05, 0.1) is 0 Å². The van der Waals surface area contributed by atoms with Crippen LogP contribution in [-0.4, -0.2) is 39.9 Å². The summed E-state index contributed by atoms with van der Waals surface area (Å²) in [5.74, 6) is -0.0428. The second-order valence-corrected chi connectivity index (χ2v) is 7.06. The average molecular weight is 344 g/mol.